The summed E-state index contributed by atoms with van der Waals surface area (Å²) in [6.45, 7) is 5.86. The van der Waals surface area contributed by atoms with Crippen molar-refractivity contribution < 1.29 is 9.47 Å². The number of hydrogen-bond donors (Lipinski definition) is 1. The number of anilines is 1. The Labute approximate surface area is 200 Å². The van der Waals surface area contributed by atoms with Crippen LogP contribution in [-0.2, 0) is 22.7 Å². The van der Waals surface area contributed by atoms with Gasteiger partial charge in [0, 0.05) is 38.6 Å². The number of nitrogen functional groups attached to an aromatic ring is 1. The summed E-state index contributed by atoms with van der Waals surface area (Å²) in [6.07, 6.45) is 8.98. The quantitative estimate of drug-likeness (QED) is 0.599. The maximum Gasteiger partial charge on any atom is 0.123 e. The Morgan fingerprint density at radius 1 is 0.812 bits per heavy atom. The van der Waals surface area contributed by atoms with E-state index in [2.05, 4.69) is 49.8 Å². The topological polar surface area (TPSA) is 76.7 Å². The van der Waals surface area contributed by atoms with Crippen molar-refractivity contribution in [3.05, 3.63) is 52.4 Å². The number of hydrogen-bond acceptors (Lipinski definition) is 7. The molecule has 4 rings (SSSR count). The van der Waals surface area contributed by atoms with Crippen molar-refractivity contribution in [2.24, 2.45) is 0 Å². The van der Waals surface area contributed by atoms with E-state index in [9.17, 15) is 0 Å². The smallest absolute Gasteiger partial charge is 0.123 e. The molecule has 0 aliphatic carbocycles. The first-order valence-electron chi connectivity index (χ1n) is 11.4. The lowest BCUT2D eigenvalue weighted by Gasteiger charge is -2.28. The number of nitrogens with two attached hydrogens (primary N) is 1. The molecule has 4 heterocycles. The molecule has 2 N–H and O–H groups in total. The van der Waals surface area contributed by atoms with Crippen LogP contribution in [0.5, 0.6) is 0 Å². The van der Waals surface area contributed by atoms with E-state index < -0.39 is 0 Å². The molecule has 0 saturated carbocycles. The molecule has 2 saturated heterocycles. The summed E-state index contributed by atoms with van der Waals surface area (Å²) >= 11 is 3.32. The minimum atomic E-state index is 0.397. The van der Waals surface area contributed by atoms with Gasteiger partial charge in [0.05, 0.1) is 25.4 Å². The van der Waals surface area contributed by atoms with E-state index >= 15 is 0 Å². The summed E-state index contributed by atoms with van der Waals surface area (Å²) in [4.78, 5) is 12.9. The summed E-state index contributed by atoms with van der Waals surface area (Å²) in [7, 11) is 4.31. The highest BCUT2D eigenvalue weighted by atomic mass is 79.9. The van der Waals surface area contributed by atoms with E-state index in [1.807, 2.05) is 30.5 Å². The third-order valence-electron chi connectivity index (χ3n) is 5.94. The van der Waals surface area contributed by atoms with Crippen molar-refractivity contribution in [2.75, 3.05) is 46.0 Å². The third kappa shape index (κ3) is 9.11. The number of rotatable bonds is 6. The molecule has 0 radical (unpaired) electrons. The zero-order chi connectivity index (χ0) is 22.8. The molecule has 8 heteroatoms. The summed E-state index contributed by atoms with van der Waals surface area (Å²) in [5.41, 5.74) is 7.76. The molecule has 0 bridgehead atoms. The van der Waals surface area contributed by atoms with Gasteiger partial charge in [-0.05, 0) is 79.0 Å². The second-order valence-electron chi connectivity index (χ2n) is 8.71. The molecule has 0 spiro atoms. The molecular weight excluding hydrogens is 470 g/mol. The standard InChI is InChI=1S/C12H17BrN2O.C12H19N3O/c2*1-15-6-4-11(5-7-15)16-9-10-2-3-12(13)14-8-10/h2-3,8,11H,4-7,9H2,1H3;2-3,8,11H,4-7,9H2,1H3,(H2,13,14). The highest BCUT2D eigenvalue weighted by Crippen LogP contribution is 2.16. The summed E-state index contributed by atoms with van der Waals surface area (Å²) < 4.78 is 12.6. The average Bonchev–Trinajstić information content (AvgIpc) is 2.81. The first kappa shape index (κ1) is 25.1. The van der Waals surface area contributed by atoms with E-state index in [0.717, 1.165) is 67.6 Å². The largest absolute Gasteiger partial charge is 0.384 e. The number of piperidine rings is 2. The molecule has 2 fully saturated rings. The summed E-state index contributed by atoms with van der Waals surface area (Å²) in [5.74, 6) is 0.558. The Balaban J connectivity index is 0.000000181. The molecular formula is C24H36BrN5O2. The zero-order valence-electron chi connectivity index (χ0n) is 19.3. The predicted octanol–water partition coefficient (Wildman–Crippen LogP) is 3.73. The maximum atomic E-state index is 5.88. The molecule has 2 aromatic heterocycles. The van der Waals surface area contributed by atoms with Gasteiger partial charge in [0.2, 0.25) is 0 Å². The van der Waals surface area contributed by atoms with Crippen LogP contribution in [0.15, 0.2) is 41.3 Å². The Morgan fingerprint density at radius 2 is 1.28 bits per heavy atom. The van der Waals surface area contributed by atoms with Crippen LogP contribution in [0.4, 0.5) is 5.82 Å². The molecule has 2 aliphatic rings. The highest BCUT2D eigenvalue weighted by molar-refractivity contribution is 9.10. The molecule has 0 unspecified atom stereocenters. The lowest BCUT2D eigenvalue weighted by Crippen LogP contribution is -2.34. The van der Waals surface area contributed by atoms with E-state index in [1.54, 1.807) is 6.20 Å². The molecule has 176 valence electrons. The number of aromatic nitrogens is 2. The van der Waals surface area contributed by atoms with Crippen molar-refractivity contribution in [3.63, 3.8) is 0 Å². The first-order chi connectivity index (χ1) is 15.5. The molecule has 0 atom stereocenters. The van der Waals surface area contributed by atoms with E-state index in [4.69, 9.17) is 15.2 Å². The first-order valence-corrected chi connectivity index (χ1v) is 12.2. The SMILES string of the molecule is CN1CCC(OCc2ccc(Br)nc2)CC1.CN1CCC(OCc2ccc(N)nc2)CC1. The van der Waals surface area contributed by atoms with Gasteiger partial charge in [0.1, 0.15) is 10.4 Å². The van der Waals surface area contributed by atoms with E-state index in [0.29, 0.717) is 31.2 Å². The van der Waals surface area contributed by atoms with Crippen molar-refractivity contribution >= 4 is 21.7 Å². The third-order valence-corrected chi connectivity index (χ3v) is 6.41. The Bertz CT molecular complexity index is 706. The van der Waals surface area contributed by atoms with Gasteiger partial charge in [-0.2, -0.15) is 0 Å². The van der Waals surface area contributed by atoms with Crippen LogP contribution in [0.1, 0.15) is 36.8 Å². The molecule has 32 heavy (non-hydrogen) atoms. The Kier molecular flexibility index (Phi) is 10.3. The van der Waals surface area contributed by atoms with Crippen LogP contribution in [-0.4, -0.2) is 72.3 Å². The zero-order valence-corrected chi connectivity index (χ0v) is 20.8. The van der Waals surface area contributed by atoms with Gasteiger partial charge in [0.15, 0.2) is 0 Å². The molecule has 0 amide bonds. The van der Waals surface area contributed by atoms with Crippen molar-refractivity contribution in [2.45, 2.75) is 51.1 Å². The fourth-order valence-electron chi connectivity index (χ4n) is 3.74. The lowest BCUT2D eigenvalue weighted by atomic mass is 10.1. The van der Waals surface area contributed by atoms with Crippen LogP contribution in [0, 0.1) is 0 Å². The maximum absolute atomic E-state index is 5.88. The Hall–Kier alpha value is -1.58. The van der Waals surface area contributed by atoms with E-state index in [1.165, 1.54) is 0 Å². The summed E-state index contributed by atoms with van der Waals surface area (Å²) in [5, 5.41) is 0. The fourth-order valence-corrected chi connectivity index (χ4v) is 3.98. The average molecular weight is 506 g/mol. The van der Waals surface area contributed by atoms with Gasteiger partial charge in [-0.3, -0.25) is 0 Å². The normalized spacial score (nSPS) is 18.8. The number of ether oxygens (including phenoxy) is 2. The summed E-state index contributed by atoms with van der Waals surface area (Å²) in [6, 6.07) is 7.78. The van der Waals surface area contributed by atoms with Crippen LogP contribution in [0.3, 0.4) is 0 Å². The molecule has 7 nitrogen and oxygen atoms in total. The van der Waals surface area contributed by atoms with Crippen LogP contribution in [0.25, 0.3) is 0 Å². The number of pyridine rings is 2. The monoisotopic (exact) mass is 505 g/mol. The Morgan fingerprint density at radius 3 is 1.69 bits per heavy atom. The van der Waals surface area contributed by atoms with Crippen molar-refractivity contribution in [3.8, 4) is 0 Å². The number of halogens is 1. The predicted molar refractivity (Wildman–Crippen MR) is 131 cm³/mol. The fraction of sp³-hybridized carbons (Fsp3) is 0.583. The second-order valence-corrected chi connectivity index (χ2v) is 9.52. The van der Waals surface area contributed by atoms with Crippen molar-refractivity contribution in [1.29, 1.82) is 0 Å². The molecule has 0 aromatic carbocycles. The minimum Gasteiger partial charge on any atom is -0.384 e. The van der Waals surface area contributed by atoms with Crippen LogP contribution in [0.2, 0.25) is 0 Å². The van der Waals surface area contributed by atoms with Gasteiger partial charge < -0.3 is 25.0 Å². The van der Waals surface area contributed by atoms with Gasteiger partial charge in [-0.25, -0.2) is 9.97 Å². The number of nitrogens with zero attached hydrogens (tertiary/aromatic N) is 4. The van der Waals surface area contributed by atoms with E-state index in [-0.39, 0.29) is 0 Å². The van der Waals surface area contributed by atoms with Crippen LogP contribution < -0.4 is 5.73 Å². The second kappa shape index (κ2) is 13.2. The lowest BCUT2D eigenvalue weighted by molar-refractivity contribution is 0.00195. The van der Waals surface area contributed by atoms with Gasteiger partial charge in [-0.1, -0.05) is 12.1 Å². The van der Waals surface area contributed by atoms with Gasteiger partial charge >= 0.3 is 0 Å². The highest BCUT2D eigenvalue weighted by Gasteiger charge is 2.17. The minimum absolute atomic E-state index is 0.397. The van der Waals surface area contributed by atoms with Gasteiger partial charge in [-0.15, -0.1) is 0 Å². The number of likely N-dealkylation sites (tertiary alicyclic amines) is 2. The molecule has 2 aromatic rings. The van der Waals surface area contributed by atoms with Crippen LogP contribution >= 0.6 is 15.9 Å². The van der Waals surface area contributed by atoms with Gasteiger partial charge in [0.25, 0.3) is 0 Å². The van der Waals surface area contributed by atoms with Crippen molar-refractivity contribution in [1.82, 2.24) is 19.8 Å². The molecule has 2 aliphatic heterocycles.